The lowest BCUT2D eigenvalue weighted by Gasteiger charge is -2.12. The predicted molar refractivity (Wildman–Crippen MR) is 99.8 cm³/mol. The van der Waals surface area contributed by atoms with Gasteiger partial charge in [0.1, 0.15) is 0 Å². The van der Waals surface area contributed by atoms with Gasteiger partial charge in [-0.2, -0.15) is 0 Å². The number of hydrogen-bond donors (Lipinski definition) is 2. The highest BCUT2D eigenvalue weighted by molar-refractivity contribution is 6.22. The minimum Gasteiger partial charge on any atom is -0.478 e. The molecule has 0 aromatic heterocycles. The number of carbonyl (C=O) groups is 4. The molecule has 2 N–H and O–H groups in total. The quantitative estimate of drug-likeness (QED) is 0.741. The van der Waals surface area contributed by atoms with Crippen LogP contribution in [0.1, 0.15) is 47.0 Å². The Balaban J connectivity index is 1.87. The summed E-state index contributed by atoms with van der Waals surface area (Å²) in [5, 5.41) is 11.9. The fourth-order valence-corrected chi connectivity index (χ4v) is 2.96. The minimum absolute atomic E-state index is 0.0356. The number of amides is 3. The van der Waals surface area contributed by atoms with Crippen LogP contribution in [-0.4, -0.2) is 54.0 Å². The zero-order chi connectivity index (χ0) is 20.4. The van der Waals surface area contributed by atoms with Crippen molar-refractivity contribution in [3.63, 3.8) is 0 Å². The van der Waals surface area contributed by atoms with Crippen molar-refractivity contribution in [2.45, 2.75) is 6.92 Å². The number of rotatable bonds is 6. The van der Waals surface area contributed by atoms with Gasteiger partial charge in [0.05, 0.1) is 35.5 Å². The number of ether oxygens (including phenoxy) is 1. The number of aryl methyl sites for hydroxylation is 1. The summed E-state index contributed by atoms with van der Waals surface area (Å²) in [6.07, 6.45) is 0. The first kappa shape index (κ1) is 19.2. The molecule has 0 radical (unpaired) electrons. The smallest absolute Gasteiger partial charge is 0.337 e. The summed E-state index contributed by atoms with van der Waals surface area (Å²) in [5.41, 5.74) is 1.35. The van der Waals surface area contributed by atoms with Crippen molar-refractivity contribution < 1.29 is 29.0 Å². The van der Waals surface area contributed by atoms with Crippen molar-refractivity contribution in [1.82, 2.24) is 4.90 Å². The lowest BCUT2D eigenvalue weighted by atomic mass is 10.0. The predicted octanol–water partition coefficient (Wildman–Crippen LogP) is 2.19. The number of nitrogens with zero attached hydrogens (tertiary/aromatic N) is 1. The van der Waals surface area contributed by atoms with Gasteiger partial charge in [0.25, 0.3) is 17.7 Å². The molecular formula is C20H18N2O6. The van der Waals surface area contributed by atoms with E-state index in [2.05, 4.69) is 5.32 Å². The van der Waals surface area contributed by atoms with Crippen molar-refractivity contribution in [3.05, 3.63) is 64.2 Å². The van der Waals surface area contributed by atoms with Gasteiger partial charge in [0.2, 0.25) is 0 Å². The molecule has 0 fully saturated rings. The van der Waals surface area contributed by atoms with Crippen LogP contribution < -0.4 is 5.32 Å². The molecule has 3 amide bonds. The van der Waals surface area contributed by atoms with E-state index in [0.29, 0.717) is 0 Å². The monoisotopic (exact) mass is 382 g/mol. The van der Waals surface area contributed by atoms with Gasteiger partial charge < -0.3 is 15.2 Å². The fraction of sp³-hybridized carbons (Fsp3) is 0.200. The van der Waals surface area contributed by atoms with Crippen molar-refractivity contribution in [2.75, 3.05) is 25.6 Å². The number of fused-ring (bicyclic) bond motifs is 1. The van der Waals surface area contributed by atoms with E-state index in [1.165, 1.54) is 37.4 Å². The number of benzene rings is 2. The third kappa shape index (κ3) is 3.49. The summed E-state index contributed by atoms with van der Waals surface area (Å²) in [6.45, 7) is 2.08. The molecule has 28 heavy (non-hydrogen) atoms. The van der Waals surface area contributed by atoms with Crippen LogP contribution in [0.2, 0.25) is 0 Å². The Bertz CT molecular complexity index is 998. The molecule has 0 saturated heterocycles. The van der Waals surface area contributed by atoms with Gasteiger partial charge in [-0.05, 0) is 37.3 Å². The zero-order valence-corrected chi connectivity index (χ0v) is 15.3. The Morgan fingerprint density at radius 1 is 1.07 bits per heavy atom. The number of anilines is 1. The van der Waals surface area contributed by atoms with Gasteiger partial charge in [0, 0.05) is 12.7 Å². The van der Waals surface area contributed by atoms with Gasteiger partial charge in [-0.1, -0.05) is 11.6 Å². The average Bonchev–Trinajstić information content (AvgIpc) is 2.91. The number of carboxylic acid groups (broad SMARTS) is 1. The summed E-state index contributed by atoms with van der Waals surface area (Å²) in [4.78, 5) is 49.8. The van der Waals surface area contributed by atoms with Gasteiger partial charge in [-0.15, -0.1) is 0 Å². The van der Waals surface area contributed by atoms with Crippen LogP contribution in [0.5, 0.6) is 0 Å². The molecule has 1 aliphatic heterocycles. The van der Waals surface area contributed by atoms with Crippen molar-refractivity contribution in [3.8, 4) is 0 Å². The fourth-order valence-electron chi connectivity index (χ4n) is 2.96. The Morgan fingerprint density at radius 3 is 2.46 bits per heavy atom. The first-order valence-electron chi connectivity index (χ1n) is 8.48. The van der Waals surface area contributed by atoms with Gasteiger partial charge in [-0.3, -0.25) is 19.3 Å². The molecule has 0 atom stereocenters. The van der Waals surface area contributed by atoms with Crippen molar-refractivity contribution in [1.29, 1.82) is 0 Å². The highest BCUT2D eigenvalue weighted by atomic mass is 16.5. The zero-order valence-electron chi connectivity index (χ0n) is 15.3. The number of carbonyl (C=O) groups excluding carboxylic acids is 3. The Hall–Kier alpha value is -3.52. The number of hydrogen-bond acceptors (Lipinski definition) is 5. The molecule has 1 heterocycles. The molecule has 2 aromatic carbocycles. The molecule has 1 aliphatic rings. The van der Waals surface area contributed by atoms with E-state index in [4.69, 9.17) is 4.74 Å². The highest BCUT2D eigenvalue weighted by Gasteiger charge is 2.35. The average molecular weight is 382 g/mol. The van der Waals surface area contributed by atoms with Crippen molar-refractivity contribution in [2.24, 2.45) is 0 Å². The second-order valence-corrected chi connectivity index (χ2v) is 6.32. The van der Waals surface area contributed by atoms with Gasteiger partial charge in [-0.25, -0.2) is 4.79 Å². The Kier molecular flexibility index (Phi) is 5.23. The van der Waals surface area contributed by atoms with Crippen LogP contribution in [0, 0.1) is 6.92 Å². The molecule has 0 unspecified atom stereocenters. The summed E-state index contributed by atoms with van der Waals surface area (Å²) in [5.74, 6) is -2.67. The third-order valence-corrected chi connectivity index (χ3v) is 4.41. The highest BCUT2D eigenvalue weighted by Crippen LogP contribution is 2.25. The molecule has 2 aromatic rings. The summed E-state index contributed by atoms with van der Waals surface area (Å²) >= 11 is 0. The molecule has 144 valence electrons. The van der Waals surface area contributed by atoms with Crippen LogP contribution >= 0.6 is 0 Å². The van der Waals surface area contributed by atoms with Crippen LogP contribution in [0.25, 0.3) is 0 Å². The van der Waals surface area contributed by atoms with Crippen molar-refractivity contribution >= 4 is 29.4 Å². The second-order valence-electron chi connectivity index (χ2n) is 6.32. The number of imide groups is 1. The minimum atomic E-state index is -1.16. The van der Waals surface area contributed by atoms with Crippen LogP contribution in [-0.2, 0) is 4.74 Å². The standard InChI is InChI=1S/C20H18N2O6/c1-11-3-6-16(15(9-11)20(26)27)21-17(23)12-4-5-13-14(10-12)19(25)22(18(13)24)7-8-28-2/h3-6,9-10H,7-8H2,1-2H3,(H,21,23)(H,26,27). The third-order valence-electron chi connectivity index (χ3n) is 4.41. The maximum atomic E-state index is 12.6. The maximum Gasteiger partial charge on any atom is 0.337 e. The van der Waals surface area contributed by atoms with E-state index in [-0.39, 0.29) is 41.1 Å². The molecule has 8 heteroatoms. The Labute approximate surface area is 160 Å². The van der Waals surface area contributed by atoms with E-state index in [0.717, 1.165) is 10.5 Å². The topological polar surface area (TPSA) is 113 Å². The van der Waals surface area contributed by atoms with E-state index in [1.54, 1.807) is 13.0 Å². The molecule has 3 rings (SSSR count). The normalized spacial score (nSPS) is 12.9. The first-order valence-corrected chi connectivity index (χ1v) is 8.48. The number of aromatic carboxylic acids is 1. The van der Waals surface area contributed by atoms with Gasteiger partial charge in [0.15, 0.2) is 0 Å². The number of methoxy groups -OCH3 is 1. The first-order chi connectivity index (χ1) is 13.3. The van der Waals surface area contributed by atoms with Gasteiger partial charge >= 0.3 is 5.97 Å². The molecule has 8 nitrogen and oxygen atoms in total. The Morgan fingerprint density at radius 2 is 1.79 bits per heavy atom. The number of nitrogens with one attached hydrogen (secondary N) is 1. The molecular weight excluding hydrogens is 364 g/mol. The SMILES string of the molecule is COCCN1C(=O)c2ccc(C(=O)Nc3ccc(C)cc3C(=O)O)cc2C1=O. The van der Waals surface area contributed by atoms with Crippen LogP contribution in [0.15, 0.2) is 36.4 Å². The molecule has 0 spiro atoms. The lowest BCUT2D eigenvalue weighted by molar-refractivity contribution is 0.0601. The van der Waals surface area contributed by atoms with Crippen LogP contribution in [0.4, 0.5) is 5.69 Å². The molecule has 0 saturated carbocycles. The number of carboxylic acids is 1. The van der Waals surface area contributed by atoms with E-state index >= 15 is 0 Å². The van der Waals surface area contributed by atoms with E-state index in [1.807, 2.05) is 0 Å². The van der Waals surface area contributed by atoms with E-state index in [9.17, 15) is 24.3 Å². The van der Waals surface area contributed by atoms with E-state index < -0.39 is 23.7 Å². The molecule has 0 aliphatic carbocycles. The molecule has 0 bridgehead atoms. The largest absolute Gasteiger partial charge is 0.478 e. The lowest BCUT2D eigenvalue weighted by Crippen LogP contribution is -2.32. The summed E-state index contributed by atoms with van der Waals surface area (Å²) < 4.78 is 4.91. The maximum absolute atomic E-state index is 12.6. The summed E-state index contributed by atoms with van der Waals surface area (Å²) in [6, 6.07) is 8.83. The summed E-state index contributed by atoms with van der Waals surface area (Å²) in [7, 11) is 1.47. The van der Waals surface area contributed by atoms with Crippen LogP contribution in [0.3, 0.4) is 0 Å². The second kappa shape index (κ2) is 7.61.